The van der Waals surface area contributed by atoms with Crippen LogP contribution >= 0.6 is 0 Å². The summed E-state index contributed by atoms with van der Waals surface area (Å²) in [6.45, 7) is 0.680. The van der Waals surface area contributed by atoms with Gasteiger partial charge in [-0.25, -0.2) is 26.6 Å². The minimum Gasteiger partial charge on any atom is -0.395 e. The number of carbonyl (C=O) groups excluding carboxylic acids is 1. The molecule has 1 saturated carbocycles. The van der Waals surface area contributed by atoms with Crippen LogP contribution in [0.25, 0.3) is 10.9 Å². The van der Waals surface area contributed by atoms with Gasteiger partial charge in [0.1, 0.15) is 17.2 Å². The molecule has 1 spiro atoms. The summed E-state index contributed by atoms with van der Waals surface area (Å²) in [7, 11) is -3.94. The SMILES string of the molecule is O=C(Nc1cc2cccnc2c(N2CCC(F)(F)CC2)n1)c1c(F)cc(NS(=O)(=O)CCO)cc1N1CCC2(CC1)CC2. The molecule has 3 N–H and O–H groups in total. The Labute approximate surface area is 247 Å². The van der Waals surface area contributed by atoms with E-state index in [2.05, 4.69) is 20.0 Å². The lowest BCUT2D eigenvalue weighted by atomic mass is 9.93. The van der Waals surface area contributed by atoms with Crippen LogP contribution in [0.15, 0.2) is 36.5 Å². The molecule has 1 aromatic carbocycles. The topological polar surface area (TPSA) is 128 Å². The first-order chi connectivity index (χ1) is 20.5. The minimum atomic E-state index is -3.94. The van der Waals surface area contributed by atoms with E-state index < -0.39 is 40.0 Å². The fourth-order valence-corrected chi connectivity index (χ4v) is 6.77. The summed E-state index contributed by atoms with van der Waals surface area (Å²) in [5, 5.41) is 12.4. The number of rotatable bonds is 8. The van der Waals surface area contributed by atoms with Crippen molar-refractivity contribution in [2.24, 2.45) is 5.41 Å². The van der Waals surface area contributed by atoms with Gasteiger partial charge in [0.2, 0.25) is 10.0 Å². The number of piperidine rings is 2. The number of amides is 1. The number of aliphatic hydroxyl groups is 1. The van der Waals surface area contributed by atoms with Crippen LogP contribution in [0.3, 0.4) is 0 Å². The summed E-state index contributed by atoms with van der Waals surface area (Å²) in [4.78, 5) is 26.3. The third kappa shape index (κ3) is 6.35. The van der Waals surface area contributed by atoms with Gasteiger partial charge in [0, 0.05) is 50.6 Å². The number of fused-ring (bicyclic) bond motifs is 1. The number of benzene rings is 1. The van der Waals surface area contributed by atoms with Crippen molar-refractivity contribution in [2.75, 3.05) is 58.4 Å². The van der Waals surface area contributed by atoms with Crippen molar-refractivity contribution >= 4 is 49.8 Å². The van der Waals surface area contributed by atoms with E-state index >= 15 is 4.39 Å². The molecule has 10 nitrogen and oxygen atoms in total. The second kappa shape index (κ2) is 11.1. The van der Waals surface area contributed by atoms with Crippen LogP contribution in [0, 0.1) is 11.2 Å². The molecule has 0 unspecified atom stereocenters. The van der Waals surface area contributed by atoms with Crippen molar-refractivity contribution < 1.29 is 31.5 Å². The molecule has 230 valence electrons. The molecule has 43 heavy (non-hydrogen) atoms. The highest BCUT2D eigenvalue weighted by molar-refractivity contribution is 7.92. The molecule has 0 radical (unpaired) electrons. The van der Waals surface area contributed by atoms with E-state index in [9.17, 15) is 22.0 Å². The molecule has 2 aromatic heterocycles. The van der Waals surface area contributed by atoms with Crippen molar-refractivity contribution in [3.63, 3.8) is 0 Å². The Hall–Kier alpha value is -3.65. The summed E-state index contributed by atoms with van der Waals surface area (Å²) >= 11 is 0. The maximum Gasteiger partial charge on any atom is 0.261 e. The number of nitrogens with one attached hydrogen (secondary N) is 2. The highest BCUT2D eigenvalue weighted by Crippen LogP contribution is 2.54. The van der Waals surface area contributed by atoms with Gasteiger partial charge in [-0.15, -0.1) is 0 Å². The van der Waals surface area contributed by atoms with Gasteiger partial charge in [-0.1, -0.05) is 6.07 Å². The van der Waals surface area contributed by atoms with Gasteiger partial charge in [0.25, 0.3) is 11.8 Å². The molecule has 2 aliphatic heterocycles. The molecular formula is C29H33F3N6O4S. The predicted octanol–water partition coefficient (Wildman–Crippen LogP) is 4.37. The number of pyridine rings is 2. The van der Waals surface area contributed by atoms with Crippen molar-refractivity contribution in [1.29, 1.82) is 0 Å². The number of sulfonamides is 1. The Kier molecular flexibility index (Phi) is 7.61. The lowest BCUT2D eigenvalue weighted by Crippen LogP contribution is -2.40. The smallest absolute Gasteiger partial charge is 0.261 e. The van der Waals surface area contributed by atoms with Gasteiger partial charge >= 0.3 is 0 Å². The first-order valence-electron chi connectivity index (χ1n) is 14.4. The van der Waals surface area contributed by atoms with Gasteiger partial charge in [0.05, 0.1) is 29.3 Å². The summed E-state index contributed by atoms with van der Waals surface area (Å²) in [6, 6.07) is 7.45. The fraction of sp³-hybridized carbons (Fsp3) is 0.483. The number of aromatic nitrogens is 2. The highest BCUT2D eigenvalue weighted by atomic mass is 32.2. The number of anilines is 4. The predicted molar refractivity (Wildman–Crippen MR) is 158 cm³/mol. The number of aliphatic hydroxyl groups excluding tert-OH is 1. The van der Waals surface area contributed by atoms with E-state index in [-0.39, 0.29) is 48.7 Å². The normalized spacial score (nSPS) is 19.4. The number of hydrogen-bond acceptors (Lipinski definition) is 8. The molecule has 2 saturated heterocycles. The Morgan fingerprint density at radius 3 is 2.37 bits per heavy atom. The molecule has 1 amide bonds. The Balaban J connectivity index is 1.34. The molecule has 4 heterocycles. The molecule has 14 heteroatoms. The van der Waals surface area contributed by atoms with Crippen molar-refractivity contribution in [3.05, 3.63) is 47.9 Å². The Morgan fingerprint density at radius 2 is 1.70 bits per heavy atom. The molecule has 0 atom stereocenters. The third-order valence-corrected chi connectivity index (χ3v) is 9.92. The number of alkyl halides is 2. The van der Waals surface area contributed by atoms with Crippen LogP contribution in [-0.2, 0) is 10.0 Å². The van der Waals surface area contributed by atoms with Crippen molar-refractivity contribution in [2.45, 2.75) is 44.4 Å². The van der Waals surface area contributed by atoms with Gasteiger partial charge in [0.15, 0.2) is 5.82 Å². The second-order valence-electron chi connectivity index (χ2n) is 11.7. The van der Waals surface area contributed by atoms with Crippen molar-refractivity contribution in [3.8, 4) is 0 Å². The van der Waals surface area contributed by atoms with Gasteiger partial charge in [-0.2, -0.15) is 0 Å². The van der Waals surface area contributed by atoms with Crippen LogP contribution in [0.5, 0.6) is 0 Å². The van der Waals surface area contributed by atoms with Crippen LogP contribution in [0.4, 0.5) is 36.2 Å². The Morgan fingerprint density at radius 1 is 1.00 bits per heavy atom. The number of carbonyl (C=O) groups is 1. The molecular weight excluding hydrogens is 585 g/mol. The van der Waals surface area contributed by atoms with Crippen molar-refractivity contribution in [1.82, 2.24) is 9.97 Å². The zero-order valence-electron chi connectivity index (χ0n) is 23.5. The maximum absolute atomic E-state index is 15.8. The summed E-state index contributed by atoms with van der Waals surface area (Å²) in [5.41, 5.74) is 0.734. The summed E-state index contributed by atoms with van der Waals surface area (Å²) in [6.07, 6.45) is 4.96. The third-order valence-electron chi connectivity index (χ3n) is 8.66. The monoisotopic (exact) mass is 618 g/mol. The van der Waals surface area contributed by atoms with E-state index in [1.807, 2.05) is 4.90 Å². The summed E-state index contributed by atoms with van der Waals surface area (Å²) < 4.78 is 70.4. The molecule has 0 bridgehead atoms. The maximum atomic E-state index is 15.8. The highest BCUT2D eigenvalue weighted by Gasteiger charge is 2.45. The zero-order chi connectivity index (χ0) is 30.4. The van der Waals surface area contributed by atoms with Gasteiger partial charge < -0.3 is 20.2 Å². The number of nitrogens with zero attached hydrogens (tertiary/aromatic N) is 4. The van der Waals surface area contributed by atoms with Gasteiger partial charge in [-0.05, 0) is 55.4 Å². The standard InChI is InChI=1S/C29H33F3N6O4S/c30-21-17-20(36-43(41,42)15-14-39)18-22(37-10-5-28(3-4-28)6-11-37)24(21)27(40)35-23-16-19-2-1-9-33-25(19)26(34-23)38-12-7-29(31,32)8-13-38/h1-2,9,16-18,36,39H,3-8,10-15H2,(H,34,35,40). The zero-order valence-corrected chi connectivity index (χ0v) is 24.3. The molecule has 3 aliphatic rings. The largest absolute Gasteiger partial charge is 0.395 e. The molecule has 1 aliphatic carbocycles. The first-order valence-corrected chi connectivity index (χ1v) is 16.0. The Bertz CT molecular complexity index is 1650. The lowest BCUT2D eigenvalue weighted by molar-refractivity contribution is -0.0221. The van der Waals surface area contributed by atoms with E-state index in [1.165, 1.54) is 6.07 Å². The molecule has 3 fully saturated rings. The van der Waals surface area contributed by atoms with E-state index in [0.29, 0.717) is 35.2 Å². The van der Waals surface area contributed by atoms with Crippen LogP contribution in [0.1, 0.15) is 48.9 Å². The fourth-order valence-electron chi connectivity index (χ4n) is 5.95. The summed E-state index contributed by atoms with van der Waals surface area (Å²) in [5.74, 6) is -4.57. The second-order valence-corrected chi connectivity index (χ2v) is 13.5. The van der Waals surface area contributed by atoms with Crippen LogP contribution in [-0.4, -0.2) is 73.9 Å². The van der Waals surface area contributed by atoms with E-state index in [4.69, 9.17) is 5.11 Å². The average Bonchev–Trinajstić information content (AvgIpc) is 3.71. The minimum absolute atomic E-state index is 0.0525. The average molecular weight is 619 g/mol. The van der Waals surface area contributed by atoms with Gasteiger partial charge in [-0.3, -0.25) is 14.5 Å². The first kappa shape index (κ1) is 29.4. The number of halogens is 3. The van der Waals surface area contributed by atoms with Crippen LogP contribution in [0.2, 0.25) is 0 Å². The van der Waals surface area contributed by atoms with E-state index in [0.717, 1.165) is 31.7 Å². The number of hydrogen-bond donors (Lipinski definition) is 3. The quantitative estimate of drug-likeness (QED) is 0.340. The lowest BCUT2D eigenvalue weighted by Gasteiger charge is -2.35. The van der Waals surface area contributed by atoms with E-state index in [1.54, 1.807) is 29.3 Å². The van der Waals surface area contributed by atoms with Crippen LogP contribution < -0.4 is 19.8 Å². The molecule has 6 rings (SSSR count). The molecule has 3 aromatic rings.